The van der Waals surface area contributed by atoms with E-state index in [-0.39, 0.29) is 38.4 Å². The van der Waals surface area contributed by atoms with Crippen molar-refractivity contribution in [3.05, 3.63) is 107 Å². The zero-order valence-electron chi connectivity index (χ0n) is 30.3. The smallest absolute Gasteiger partial charge is 0.408 e. The number of nitrogens with one attached hydrogen (secondary N) is 3. The van der Waals surface area contributed by atoms with Gasteiger partial charge < -0.3 is 42.6 Å². The third-order valence-corrected chi connectivity index (χ3v) is 8.37. The van der Waals surface area contributed by atoms with Crippen LogP contribution in [0.4, 0.5) is 4.79 Å². The number of carbonyl (C=O) groups excluding carboxylic acids is 5. The minimum absolute atomic E-state index is 0.0203. The van der Waals surface area contributed by atoms with Crippen molar-refractivity contribution in [1.82, 2.24) is 16.0 Å². The summed E-state index contributed by atoms with van der Waals surface area (Å²) in [6, 6.07) is 20.1. The second kappa shape index (κ2) is 22.2. The molecule has 0 aliphatic carbocycles. The fraction of sp³-hybridized carbons (Fsp3) is 0.385. The van der Waals surface area contributed by atoms with Crippen molar-refractivity contribution in [3.63, 3.8) is 0 Å². The lowest BCUT2D eigenvalue weighted by atomic mass is 10.0. The van der Waals surface area contributed by atoms with Gasteiger partial charge in [0.1, 0.15) is 18.7 Å². The number of carbonyl (C=O) groups is 5. The summed E-state index contributed by atoms with van der Waals surface area (Å²) < 4.78 is 10.8. The van der Waals surface area contributed by atoms with Crippen LogP contribution in [0.5, 0.6) is 0 Å². The van der Waals surface area contributed by atoms with Gasteiger partial charge in [0.2, 0.25) is 11.8 Å². The van der Waals surface area contributed by atoms with Gasteiger partial charge in [-0.25, -0.2) is 9.59 Å². The van der Waals surface area contributed by atoms with Crippen molar-refractivity contribution >= 4 is 35.6 Å². The molecule has 3 aromatic rings. The van der Waals surface area contributed by atoms with Gasteiger partial charge in [0, 0.05) is 13.0 Å². The highest BCUT2D eigenvalue weighted by atomic mass is 16.5. The van der Waals surface area contributed by atoms with Crippen LogP contribution >= 0.6 is 0 Å². The lowest BCUT2D eigenvalue weighted by Crippen LogP contribution is -2.56. The van der Waals surface area contributed by atoms with Gasteiger partial charge in [-0.15, -0.1) is 0 Å². The number of benzene rings is 3. The molecule has 3 rings (SSSR count). The maximum absolute atomic E-state index is 14.0. The average molecular weight is 730 g/mol. The number of unbranched alkanes of at least 4 members (excludes halogenated alkanes) is 1. The van der Waals surface area contributed by atoms with Crippen molar-refractivity contribution < 1.29 is 33.4 Å². The van der Waals surface area contributed by atoms with Crippen LogP contribution in [-0.4, -0.2) is 73.4 Å². The molecule has 0 bridgehead atoms. The van der Waals surface area contributed by atoms with Crippen LogP contribution in [0.2, 0.25) is 0 Å². The highest BCUT2D eigenvalue weighted by Gasteiger charge is 2.30. The highest BCUT2D eigenvalue weighted by molar-refractivity contribution is 5.97. The summed E-state index contributed by atoms with van der Waals surface area (Å²) in [6.45, 7) is 3.55. The molecule has 3 atom stereocenters. The van der Waals surface area contributed by atoms with E-state index in [9.17, 15) is 24.0 Å². The van der Waals surface area contributed by atoms with Crippen LogP contribution < -0.4 is 33.2 Å². The van der Waals surface area contributed by atoms with E-state index in [2.05, 4.69) is 20.9 Å². The number of hydrogen-bond donors (Lipinski definition) is 6. The Balaban J connectivity index is 1.78. The Kier molecular flexibility index (Phi) is 17.5. The minimum Gasteiger partial charge on any atom is -0.454 e. The van der Waals surface area contributed by atoms with Gasteiger partial charge in [-0.05, 0) is 74.8 Å². The van der Waals surface area contributed by atoms with Gasteiger partial charge >= 0.3 is 12.1 Å². The molecular weight excluding hydrogens is 678 g/mol. The maximum atomic E-state index is 14.0. The highest BCUT2D eigenvalue weighted by Crippen LogP contribution is 2.15. The quantitative estimate of drug-likeness (QED) is 0.0406. The standard InChI is InChI=1S/C39H51N7O7/c1-26-13-11-14-27(2)34(26)37(50)52-25-33(47)30(19-9-10-21-40)44-36(49)32(23-28-15-5-3-6-16-28)45-35(48)31(20-12-22-43-38(41)42)46-39(51)53-24-29-17-7-4-8-18-29/h3-8,11,13-18,30-32H,9-10,12,19-25,40H2,1-2H3,(H,44,49)(H,45,48)(H,46,51)(H4,41,42,43)/t30-,31-,32-/m0/s1. The number of aliphatic imine (C=N–C) groups is 1. The van der Waals surface area contributed by atoms with Gasteiger partial charge in [-0.3, -0.25) is 19.4 Å². The summed E-state index contributed by atoms with van der Waals surface area (Å²) in [7, 11) is 0. The predicted octanol–water partition coefficient (Wildman–Crippen LogP) is 2.72. The molecule has 0 fully saturated rings. The summed E-state index contributed by atoms with van der Waals surface area (Å²) >= 11 is 0. The predicted molar refractivity (Wildman–Crippen MR) is 202 cm³/mol. The molecule has 0 aliphatic rings. The molecule has 3 aromatic carbocycles. The molecule has 14 heteroatoms. The van der Waals surface area contributed by atoms with Gasteiger partial charge in [0.25, 0.3) is 0 Å². The number of ketones is 1. The van der Waals surface area contributed by atoms with Crippen molar-refractivity contribution in [2.75, 3.05) is 19.7 Å². The molecule has 0 radical (unpaired) electrons. The lowest BCUT2D eigenvalue weighted by Gasteiger charge is -2.25. The summed E-state index contributed by atoms with van der Waals surface area (Å²) in [4.78, 5) is 70.9. The van der Waals surface area contributed by atoms with E-state index in [0.717, 1.165) is 11.1 Å². The first-order valence-corrected chi connectivity index (χ1v) is 17.6. The molecule has 0 saturated carbocycles. The number of aryl methyl sites for hydroxylation is 2. The number of hydrogen-bond acceptors (Lipinski definition) is 9. The molecule has 0 aromatic heterocycles. The molecule has 9 N–H and O–H groups in total. The summed E-state index contributed by atoms with van der Waals surface area (Å²) in [5, 5.41) is 8.14. The molecule has 0 saturated heterocycles. The number of Topliss-reactive ketones (excluding diaryl/α,β-unsaturated/α-hetero) is 1. The fourth-order valence-corrected chi connectivity index (χ4v) is 5.54. The van der Waals surface area contributed by atoms with Crippen molar-refractivity contribution in [2.24, 2.45) is 22.2 Å². The molecule has 0 unspecified atom stereocenters. The molecule has 3 amide bonds. The molecule has 0 spiro atoms. The monoisotopic (exact) mass is 729 g/mol. The Bertz CT molecular complexity index is 1660. The van der Waals surface area contributed by atoms with Crippen LogP contribution in [0.25, 0.3) is 0 Å². The minimum atomic E-state index is -1.16. The van der Waals surface area contributed by atoms with E-state index in [4.69, 9.17) is 26.7 Å². The number of amides is 3. The van der Waals surface area contributed by atoms with Crippen molar-refractivity contribution in [2.45, 2.75) is 77.1 Å². The zero-order valence-corrected chi connectivity index (χ0v) is 30.3. The van der Waals surface area contributed by atoms with Crippen molar-refractivity contribution in [1.29, 1.82) is 0 Å². The maximum Gasteiger partial charge on any atom is 0.408 e. The average Bonchev–Trinajstić information content (AvgIpc) is 3.14. The SMILES string of the molecule is Cc1cccc(C)c1C(=O)OCC(=O)[C@H](CCCCN)NC(=O)[C@H](Cc1ccccc1)NC(=O)[C@H](CCCN=C(N)N)NC(=O)OCc1ccccc1. The first-order chi connectivity index (χ1) is 25.5. The number of ether oxygens (including phenoxy) is 2. The Morgan fingerprint density at radius 1 is 0.679 bits per heavy atom. The molecule has 14 nitrogen and oxygen atoms in total. The van der Waals surface area contributed by atoms with Gasteiger partial charge in [-0.2, -0.15) is 0 Å². The lowest BCUT2D eigenvalue weighted by molar-refractivity contribution is -0.133. The van der Waals surface area contributed by atoms with Gasteiger partial charge in [0.15, 0.2) is 18.3 Å². The Morgan fingerprint density at radius 2 is 1.26 bits per heavy atom. The van der Waals surface area contributed by atoms with E-state index >= 15 is 0 Å². The molecule has 53 heavy (non-hydrogen) atoms. The molecule has 0 aliphatic heterocycles. The third kappa shape index (κ3) is 14.8. The Morgan fingerprint density at radius 3 is 1.89 bits per heavy atom. The van der Waals surface area contributed by atoms with Crippen molar-refractivity contribution in [3.8, 4) is 0 Å². The fourth-order valence-electron chi connectivity index (χ4n) is 5.54. The zero-order chi connectivity index (χ0) is 38.6. The third-order valence-electron chi connectivity index (χ3n) is 8.37. The second-order valence-electron chi connectivity index (χ2n) is 12.6. The Hall–Kier alpha value is -5.76. The summed E-state index contributed by atoms with van der Waals surface area (Å²) in [6.07, 6.45) is 1.03. The van der Waals surface area contributed by atoms with Crippen LogP contribution in [0.3, 0.4) is 0 Å². The number of guanidine groups is 1. The van der Waals surface area contributed by atoms with Crippen LogP contribution in [0.1, 0.15) is 64.7 Å². The van der Waals surface area contributed by atoms with E-state index in [1.165, 1.54) is 0 Å². The number of esters is 1. The first kappa shape index (κ1) is 41.7. The molecular formula is C39H51N7O7. The van der Waals surface area contributed by atoms with Crippen LogP contribution in [-0.2, 0) is 36.9 Å². The topological polar surface area (TPSA) is 230 Å². The first-order valence-electron chi connectivity index (χ1n) is 17.6. The van der Waals surface area contributed by atoms with E-state index in [1.54, 1.807) is 62.4 Å². The van der Waals surface area contributed by atoms with Crippen LogP contribution in [0, 0.1) is 13.8 Å². The number of nitrogens with two attached hydrogens (primary N) is 3. The van der Waals surface area contributed by atoms with E-state index in [1.807, 2.05) is 30.3 Å². The second-order valence-corrected chi connectivity index (χ2v) is 12.6. The van der Waals surface area contributed by atoms with Crippen LogP contribution in [0.15, 0.2) is 83.9 Å². The summed E-state index contributed by atoms with van der Waals surface area (Å²) in [5.74, 6) is -2.57. The molecule has 284 valence electrons. The number of nitrogens with zero attached hydrogens (tertiary/aromatic N) is 1. The van der Waals surface area contributed by atoms with E-state index < -0.39 is 54.4 Å². The number of rotatable bonds is 21. The van der Waals surface area contributed by atoms with Gasteiger partial charge in [0.05, 0.1) is 11.6 Å². The molecule has 0 heterocycles. The van der Waals surface area contributed by atoms with E-state index in [0.29, 0.717) is 42.5 Å². The van der Waals surface area contributed by atoms with Gasteiger partial charge in [-0.1, -0.05) is 78.9 Å². The Labute approximate surface area is 310 Å². The summed E-state index contributed by atoms with van der Waals surface area (Å²) in [5.41, 5.74) is 19.9. The largest absolute Gasteiger partial charge is 0.454 e. The number of alkyl carbamates (subject to hydrolysis) is 1. The normalized spacial score (nSPS) is 12.4.